The fourth-order valence-electron chi connectivity index (χ4n) is 1.48. The molecule has 0 atom stereocenters. The molecule has 19 heavy (non-hydrogen) atoms. The van der Waals surface area contributed by atoms with E-state index in [1.165, 1.54) is 0 Å². The molecule has 1 aromatic rings. The summed E-state index contributed by atoms with van der Waals surface area (Å²) >= 11 is 0. The van der Waals surface area contributed by atoms with E-state index in [0.717, 1.165) is 25.1 Å². The molecule has 7 heteroatoms. The van der Waals surface area contributed by atoms with Crippen LogP contribution in [0.4, 0.5) is 14.5 Å². The fraction of sp³-hybridized carbons (Fsp3) is 0.500. The summed E-state index contributed by atoms with van der Waals surface area (Å²) in [6.45, 7) is 3.43. The molecule has 0 spiro atoms. The molecular weight excluding hydrogens is 274 g/mol. The van der Waals surface area contributed by atoms with Crippen molar-refractivity contribution in [2.45, 2.75) is 19.8 Å². The first-order valence-corrected chi connectivity index (χ1v) is 7.76. The predicted molar refractivity (Wildman–Crippen MR) is 71.5 cm³/mol. The zero-order valence-electron chi connectivity index (χ0n) is 10.7. The summed E-state index contributed by atoms with van der Waals surface area (Å²) in [6.07, 6.45) is 1.41. The van der Waals surface area contributed by atoms with E-state index in [0.29, 0.717) is 19.0 Å². The van der Waals surface area contributed by atoms with E-state index < -0.39 is 21.7 Å². The molecule has 0 aromatic heterocycles. The second-order valence-corrected chi connectivity index (χ2v) is 5.99. The van der Waals surface area contributed by atoms with Gasteiger partial charge in [0.2, 0.25) is 10.0 Å². The van der Waals surface area contributed by atoms with Crippen molar-refractivity contribution in [2.24, 2.45) is 0 Å². The standard InChI is InChI=1S/C12H18F2N2O2S/c1-2-6-15-7-3-8-19(17,18)16-12-5-4-10(13)9-11(12)14/h4-5,9,15-16H,2-3,6-8H2,1H3. The minimum absolute atomic E-state index is 0.111. The Morgan fingerprint density at radius 1 is 1.21 bits per heavy atom. The molecule has 1 rings (SSSR count). The van der Waals surface area contributed by atoms with Gasteiger partial charge in [-0.1, -0.05) is 6.92 Å². The average Bonchev–Trinajstić information content (AvgIpc) is 2.32. The number of hydrogen-bond acceptors (Lipinski definition) is 3. The van der Waals surface area contributed by atoms with Crippen molar-refractivity contribution in [3.63, 3.8) is 0 Å². The van der Waals surface area contributed by atoms with Gasteiger partial charge in [-0.25, -0.2) is 17.2 Å². The van der Waals surface area contributed by atoms with Gasteiger partial charge in [0.15, 0.2) is 0 Å². The Balaban J connectivity index is 2.50. The lowest BCUT2D eigenvalue weighted by atomic mass is 10.3. The monoisotopic (exact) mass is 292 g/mol. The first-order chi connectivity index (χ1) is 8.94. The summed E-state index contributed by atoms with van der Waals surface area (Å²) in [5, 5.41) is 3.07. The Morgan fingerprint density at radius 2 is 1.95 bits per heavy atom. The first-order valence-electron chi connectivity index (χ1n) is 6.11. The van der Waals surface area contributed by atoms with Crippen LogP contribution in [-0.4, -0.2) is 27.3 Å². The molecule has 0 heterocycles. The first kappa shape index (κ1) is 15.8. The maximum atomic E-state index is 13.3. The van der Waals surface area contributed by atoms with Gasteiger partial charge in [0.05, 0.1) is 11.4 Å². The number of halogens is 2. The topological polar surface area (TPSA) is 58.2 Å². The Bertz CT molecular complexity index is 506. The summed E-state index contributed by atoms with van der Waals surface area (Å²) in [6, 6.07) is 2.71. The average molecular weight is 292 g/mol. The van der Waals surface area contributed by atoms with Gasteiger partial charge in [0.25, 0.3) is 0 Å². The maximum absolute atomic E-state index is 13.3. The highest BCUT2D eigenvalue weighted by Crippen LogP contribution is 2.16. The van der Waals surface area contributed by atoms with E-state index in [2.05, 4.69) is 10.0 Å². The quantitative estimate of drug-likeness (QED) is 0.721. The highest BCUT2D eigenvalue weighted by atomic mass is 32.2. The number of sulfonamides is 1. The van der Waals surface area contributed by atoms with Crippen LogP contribution in [0, 0.1) is 11.6 Å². The SMILES string of the molecule is CCCNCCCS(=O)(=O)Nc1ccc(F)cc1F. The van der Waals surface area contributed by atoms with Crippen LogP contribution >= 0.6 is 0 Å². The molecule has 0 bridgehead atoms. The van der Waals surface area contributed by atoms with Crippen molar-refractivity contribution in [2.75, 3.05) is 23.6 Å². The van der Waals surface area contributed by atoms with E-state index in [9.17, 15) is 17.2 Å². The minimum Gasteiger partial charge on any atom is -0.317 e. The van der Waals surface area contributed by atoms with Crippen LogP contribution in [0.15, 0.2) is 18.2 Å². The zero-order valence-corrected chi connectivity index (χ0v) is 11.6. The molecule has 0 aliphatic heterocycles. The summed E-state index contributed by atoms with van der Waals surface area (Å²) in [4.78, 5) is 0. The Morgan fingerprint density at radius 3 is 2.58 bits per heavy atom. The molecule has 0 unspecified atom stereocenters. The number of rotatable bonds is 8. The highest BCUT2D eigenvalue weighted by Gasteiger charge is 2.13. The van der Waals surface area contributed by atoms with Crippen molar-refractivity contribution >= 4 is 15.7 Å². The molecule has 0 amide bonds. The summed E-state index contributed by atoms with van der Waals surface area (Å²) < 4.78 is 51.4. The minimum atomic E-state index is -3.61. The van der Waals surface area contributed by atoms with Crippen LogP contribution in [0.25, 0.3) is 0 Å². The van der Waals surface area contributed by atoms with Crippen LogP contribution < -0.4 is 10.0 Å². The van der Waals surface area contributed by atoms with E-state index >= 15 is 0 Å². The number of benzene rings is 1. The molecule has 0 saturated carbocycles. The Labute approximate surface area is 112 Å². The number of nitrogens with one attached hydrogen (secondary N) is 2. The molecule has 0 aliphatic rings. The molecule has 0 fully saturated rings. The Hall–Kier alpha value is -1.21. The second kappa shape index (κ2) is 7.40. The van der Waals surface area contributed by atoms with E-state index in [4.69, 9.17) is 0 Å². The third kappa shape index (κ3) is 5.98. The van der Waals surface area contributed by atoms with Crippen LogP contribution in [-0.2, 0) is 10.0 Å². The largest absolute Gasteiger partial charge is 0.317 e. The third-order valence-electron chi connectivity index (χ3n) is 2.39. The summed E-state index contributed by atoms with van der Waals surface area (Å²) in [5.41, 5.74) is -0.233. The predicted octanol–water partition coefficient (Wildman–Crippen LogP) is 2.10. The van der Waals surface area contributed by atoms with Gasteiger partial charge in [0.1, 0.15) is 11.6 Å². The van der Waals surface area contributed by atoms with Gasteiger partial charge >= 0.3 is 0 Å². The summed E-state index contributed by atoms with van der Waals surface area (Å²) in [7, 11) is -3.61. The Kier molecular flexibility index (Phi) is 6.17. The van der Waals surface area contributed by atoms with Crippen LogP contribution in [0.1, 0.15) is 19.8 Å². The lowest BCUT2D eigenvalue weighted by Crippen LogP contribution is -2.22. The van der Waals surface area contributed by atoms with E-state index in [1.807, 2.05) is 6.92 Å². The third-order valence-corrected chi connectivity index (χ3v) is 3.75. The molecule has 4 nitrogen and oxygen atoms in total. The molecular formula is C12H18F2N2O2S. The van der Waals surface area contributed by atoms with Gasteiger partial charge in [0, 0.05) is 6.07 Å². The van der Waals surface area contributed by atoms with E-state index in [-0.39, 0.29) is 11.4 Å². The van der Waals surface area contributed by atoms with Gasteiger partial charge < -0.3 is 5.32 Å². The van der Waals surface area contributed by atoms with Crippen molar-refractivity contribution in [1.82, 2.24) is 5.32 Å². The smallest absolute Gasteiger partial charge is 0.232 e. The van der Waals surface area contributed by atoms with Gasteiger partial charge in [-0.05, 0) is 38.1 Å². The normalized spacial score (nSPS) is 11.5. The molecule has 2 N–H and O–H groups in total. The highest BCUT2D eigenvalue weighted by molar-refractivity contribution is 7.92. The number of hydrogen-bond donors (Lipinski definition) is 2. The van der Waals surface area contributed by atoms with Gasteiger partial charge in [-0.15, -0.1) is 0 Å². The van der Waals surface area contributed by atoms with Crippen molar-refractivity contribution in [1.29, 1.82) is 0 Å². The molecule has 0 saturated heterocycles. The molecule has 108 valence electrons. The molecule has 1 aromatic carbocycles. The van der Waals surface area contributed by atoms with Crippen LogP contribution in [0.2, 0.25) is 0 Å². The lowest BCUT2D eigenvalue weighted by Gasteiger charge is -2.09. The van der Waals surface area contributed by atoms with Gasteiger partial charge in [-0.3, -0.25) is 4.72 Å². The van der Waals surface area contributed by atoms with Crippen LogP contribution in [0.3, 0.4) is 0 Å². The zero-order chi connectivity index (χ0) is 14.3. The van der Waals surface area contributed by atoms with E-state index in [1.54, 1.807) is 0 Å². The number of anilines is 1. The summed E-state index contributed by atoms with van der Waals surface area (Å²) in [5.74, 6) is -1.78. The fourth-order valence-corrected chi connectivity index (χ4v) is 2.61. The second-order valence-electron chi connectivity index (χ2n) is 4.15. The molecule has 0 radical (unpaired) electrons. The van der Waals surface area contributed by atoms with Crippen LogP contribution in [0.5, 0.6) is 0 Å². The van der Waals surface area contributed by atoms with Gasteiger partial charge in [-0.2, -0.15) is 0 Å². The van der Waals surface area contributed by atoms with Crippen molar-refractivity contribution < 1.29 is 17.2 Å². The van der Waals surface area contributed by atoms with Crippen molar-refractivity contribution in [3.8, 4) is 0 Å². The maximum Gasteiger partial charge on any atom is 0.232 e. The van der Waals surface area contributed by atoms with Crippen molar-refractivity contribution in [3.05, 3.63) is 29.8 Å². The lowest BCUT2D eigenvalue weighted by molar-refractivity contribution is 0.581. The molecule has 0 aliphatic carbocycles.